The summed E-state index contributed by atoms with van der Waals surface area (Å²) in [6, 6.07) is 21.2. The van der Waals surface area contributed by atoms with Crippen LogP contribution in [0, 0.1) is 6.92 Å². The molecule has 2 heterocycles. The fraction of sp³-hybridized carbons (Fsp3) is 0.125. The van der Waals surface area contributed by atoms with Gasteiger partial charge in [0.25, 0.3) is 0 Å². The highest BCUT2D eigenvalue weighted by Crippen LogP contribution is 2.38. The summed E-state index contributed by atoms with van der Waals surface area (Å²) >= 11 is 0. The molecular formula is C24H20N2O5S. The third-order valence-corrected chi connectivity index (χ3v) is 6.74. The van der Waals surface area contributed by atoms with Crippen molar-refractivity contribution in [3.63, 3.8) is 0 Å². The summed E-state index contributed by atoms with van der Waals surface area (Å²) in [6.07, 6.45) is 0. The van der Waals surface area contributed by atoms with Crippen LogP contribution >= 0.6 is 0 Å². The van der Waals surface area contributed by atoms with E-state index in [-0.39, 0.29) is 21.7 Å². The molecule has 0 atom stereocenters. The SMILES string of the molecule is Cc1ccccc1-c1nc(S(=O)(=O)c2ccc3c(c2)OCCO3)c(Nc2ccccc2)o1. The molecule has 162 valence electrons. The summed E-state index contributed by atoms with van der Waals surface area (Å²) in [5, 5.41) is 2.86. The Morgan fingerprint density at radius 3 is 2.38 bits per heavy atom. The van der Waals surface area contributed by atoms with E-state index < -0.39 is 9.84 Å². The topological polar surface area (TPSA) is 90.7 Å². The van der Waals surface area contributed by atoms with Crippen molar-refractivity contribution in [3.8, 4) is 23.0 Å². The lowest BCUT2D eigenvalue weighted by molar-refractivity contribution is 0.171. The summed E-state index contributed by atoms with van der Waals surface area (Å²) in [7, 11) is -4.03. The maximum Gasteiger partial charge on any atom is 0.238 e. The van der Waals surface area contributed by atoms with E-state index in [4.69, 9.17) is 13.9 Å². The van der Waals surface area contributed by atoms with Crippen LogP contribution in [0.3, 0.4) is 0 Å². The van der Waals surface area contributed by atoms with Crippen LogP contribution in [0.4, 0.5) is 11.6 Å². The van der Waals surface area contributed by atoms with Gasteiger partial charge in [0.1, 0.15) is 13.2 Å². The number of hydrogen-bond donors (Lipinski definition) is 1. The number of hydrogen-bond acceptors (Lipinski definition) is 7. The van der Waals surface area contributed by atoms with Gasteiger partial charge in [-0.25, -0.2) is 8.42 Å². The summed E-state index contributed by atoms with van der Waals surface area (Å²) in [4.78, 5) is 4.45. The molecule has 0 amide bonds. The molecule has 8 heteroatoms. The van der Waals surface area contributed by atoms with Crippen LogP contribution in [0.25, 0.3) is 11.5 Å². The standard InChI is InChI=1S/C24H20N2O5S/c1-16-7-5-6-10-19(16)22-26-24(23(31-22)25-17-8-3-2-4-9-17)32(27,28)18-11-12-20-21(15-18)30-14-13-29-20/h2-12,15,25H,13-14H2,1H3. The quantitative estimate of drug-likeness (QED) is 0.459. The van der Waals surface area contributed by atoms with Crippen molar-refractivity contribution in [3.05, 3.63) is 78.4 Å². The van der Waals surface area contributed by atoms with Gasteiger partial charge in [-0.3, -0.25) is 0 Å². The zero-order valence-corrected chi connectivity index (χ0v) is 18.1. The Kier molecular flexibility index (Phi) is 5.07. The van der Waals surface area contributed by atoms with Gasteiger partial charge in [0, 0.05) is 17.3 Å². The molecule has 3 aromatic carbocycles. The lowest BCUT2D eigenvalue weighted by atomic mass is 10.1. The number of nitrogens with one attached hydrogen (secondary N) is 1. The molecule has 0 radical (unpaired) electrons. The minimum atomic E-state index is -4.03. The summed E-state index contributed by atoms with van der Waals surface area (Å²) in [5.41, 5.74) is 2.31. The Balaban J connectivity index is 1.63. The van der Waals surface area contributed by atoms with E-state index >= 15 is 0 Å². The number of rotatable bonds is 5. The van der Waals surface area contributed by atoms with Crippen LogP contribution in [-0.4, -0.2) is 26.6 Å². The van der Waals surface area contributed by atoms with Crippen LogP contribution in [0.5, 0.6) is 11.5 Å². The van der Waals surface area contributed by atoms with E-state index in [1.807, 2.05) is 61.5 Å². The first-order valence-corrected chi connectivity index (χ1v) is 11.5. The van der Waals surface area contributed by atoms with Crippen molar-refractivity contribution in [2.45, 2.75) is 16.8 Å². The highest BCUT2D eigenvalue weighted by molar-refractivity contribution is 7.91. The molecule has 5 rings (SSSR count). The Labute approximate surface area is 185 Å². The second-order valence-corrected chi connectivity index (χ2v) is 9.13. The number of fused-ring (bicyclic) bond motifs is 1. The molecule has 0 saturated carbocycles. The van der Waals surface area contributed by atoms with Crippen LogP contribution in [-0.2, 0) is 9.84 Å². The molecule has 1 aliphatic heterocycles. The van der Waals surface area contributed by atoms with E-state index in [9.17, 15) is 8.42 Å². The van der Waals surface area contributed by atoms with Gasteiger partial charge in [-0.05, 0) is 42.8 Å². The van der Waals surface area contributed by atoms with Crippen LogP contribution in [0.1, 0.15) is 5.56 Å². The summed E-state index contributed by atoms with van der Waals surface area (Å²) in [6.45, 7) is 2.70. The number of benzene rings is 3. The minimum Gasteiger partial charge on any atom is -0.486 e. The molecule has 0 spiro atoms. The van der Waals surface area contributed by atoms with E-state index in [1.54, 1.807) is 6.07 Å². The number of ether oxygens (including phenoxy) is 2. The molecule has 0 aliphatic carbocycles. The summed E-state index contributed by atoms with van der Waals surface area (Å²) < 4.78 is 44.2. The molecule has 0 fully saturated rings. The minimum absolute atomic E-state index is 0.0440. The number of nitrogens with zero attached hydrogens (tertiary/aromatic N) is 1. The van der Waals surface area contributed by atoms with Crippen molar-refractivity contribution in [2.24, 2.45) is 0 Å². The van der Waals surface area contributed by atoms with Crippen molar-refractivity contribution >= 4 is 21.4 Å². The molecular weight excluding hydrogens is 428 g/mol. The molecule has 1 aromatic heterocycles. The fourth-order valence-corrected chi connectivity index (χ4v) is 4.72. The first-order valence-electron chi connectivity index (χ1n) is 10.1. The van der Waals surface area contributed by atoms with Gasteiger partial charge < -0.3 is 19.2 Å². The van der Waals surface area contributed by atoms with Gasteiger partial charge in [-0.15, -0.1) is 0 Å². The number of anilines is 2. The predicted octanol–water partition coefficient (Wildman–Crippen LogP) is 5.00. The first kappa shape index (κ1) is 20.1. The molecule has 32 heavy (non-hydrogen) atoms. The van der Waals surface area contributed by atoms with Gasteiger partial charge in [0.2, 0.25) is 26.6 Å². The van der Waals surface area contributed by atoms with Gasteiger partial charge >= 0.3 is 0 Å². The highest BCUT2D eigenvalue weighted by atomic mass is 32.2. The molecule has 0 unspecified atom stereocenters. The van der Waals surface area contributed by atoms with Gasteiger partial charge in [-0.1, -0.05) is 36.4 Å². The van der Waals surface area contributed by atoms with Crippen molar-refractivity contribution in [2.75, 3.05) is 18.5 Å². The maximum absolute atomic E-state index is 13.6. The fourth-order valence-electron chi connectivity index (χ4n) is 3.45. The number of para-hydroxylation sites is 1. The molecule has 0 saturated heterocycles. The maximum atomic E-state index is 13.6. The first-order chi connectivity index (χ1) is 15.5. The second-order valence-electron chi connectivity index (χ2n) is 7.27. The van der Waals surface area contributed by atoms with Gasteiger partial charge in [0.05, 0.1) is 4.90 Å². The largest absolute Gasteiger partial charge is 0.486 e. The molecule has 0 bridgehead atoms. The van der Waals surface area contributed by atoms with Crippen molar-refractivity contribution < 1.29 is 22.3 Å². The average Bonchev–Trinajstić information content (AvgIpc) is 3.24. The number of sulfone groups is 1. The molecule has 1 aliphatic rings. The van der Waals surface area contributed by atoms with E-state index in [0.717, 1.165) is 5.56 Å². The monoisotopic (exact) mass is 448 g/mol. The Morgan fingerprint density at radius 2 is 1.59 bits per heavy atom. The predicted molar refractivity (Wildman–Crippen MR) is 119 cm³/mol. The van der Waals surface area contributed by atoms with Crippen molar-refractivity contribution in [1.29, 1.82) is 0 Å². The number of aryl methyl sites for hydroxylation is 1. The number of oxazole rings is 1. The number of aromatic nitrogens is 1. The Bertz CT molecular complexity index is 1380. The molecule has 1 N–H and O–H groups in total. The average molecular weight is 449 g/mol. The smallest absolute Gasteiger partial charge is 0.238 e. The third kappa shape index (κ3) is 3.69. The zero-order valence-electron chi connectivity index (χ0n) is 17.2. The molecule has 7 nitrogen and oxygen atoms in total. The highest BCUT2D eigenvalue weighted by Gasteiger charge is 2.30. The van der Waals surface area contributed by atoms with E-state index in [2.05, 4.69) is 10.3 Å². The second kappa shape index (κ2) is 8.05. The lowest BCUT2D eigenvalue weighted by Gasteiger charge is -2.18. The van der Waals surface area contributed by atoms with E-state index in [0.29, 0.717) is 36.0 Å². The van der Waals surface area contributed by atoms with Crippen LogP contribution < -0.4 is 14.8 Å². The third-order valence-electron chi connectivity index (χ3n) is 5.08. The van der Waals surface area contributed by atoms with Gasteiger partial charge in [0.15, 0.2) is 11.5 Å². The Morgan fingerprint density at radius 1 is 0.875 bits per heavy atom. The molecule has 4 aromatic rings. The van der Waals surface area contributed by atoms with Crippen molar-refractivity contribution in [1.82, 2.24) is 4.98 Å². The zero-order chi connectivity index (χ0) is 22.1. The lowest BCUT2D eigenvalue weighted by Crippen LogP contribution is -2.16. The Hall–Kier alpha value is -3.78. The summed E-state index contributed by atoms with van der Waals surface area (Å²) in [5.74, 6) is 1.16. The van der Waals surface area contributed by atoms with Crippen LogP contribution in [0.15, 0.2) is 87.1 Å². The van der Waals surface area contributed by atoms with Gasteiger partial charge in [-0.2, -0.15) is 4.98 Å². The normalized spacial score (nSPS) is 13.0. The van der Waals surface area contributed by atoms with Crippen LogP contribution in [0.2, 0.25) is 0 Å². The van der Waals surface area contributed by atoms with E-state index in [1.165, 1.54) is 12.1 Å².